The number of Topliss-reactive ketones (excluding diaryl/α,β-unsaturated/α-hetero) is 1. The van der Waals surface area contributed by atoms with Crippen molar-refractivity contribution in [2.24, 2.45) is 5.92 Å². The number of hydrogen-bond acceptors (Lipinski definition) is 4. The maximum Gasteiger partial charge on any atom is 0.227 e. The monoisotopic (exact) mass is 327 g/mol. The minimum absolute atomic E-state index is 0.0808. The third kappa shape index (κ3) is 2.87. The quantitative estimate of drug-likeness (QED) is 0.836. The summed E-state index contributed by atoms with van der Waals surface area (Å²) >= 11 is 0. The van der Waals surface area contributed by atoms with Gasteiger partial charge in [-0.2, -0.15) is 0 Å². The molecule has 0 unspecified atom stereocenters. The van der Waals surface area contributed by atoms with Crippen LogP contribution in [0.15, 0.2) is 24.3 Å². The summed E-state index contributed by atoms with van der Waals surface area (Å²) in [7, 11) is 0. The van der Waals surface area contributed by atoms with Crippen LogP contribution in [0.25, 0.3) is 0 Å². The highest BCUT2D eigenvalue weighted by atomic mass is 16.2. The first kappa shape index (κ1) is 15.8. The zero-order valence-electron chi connectivity index (χ0n) is 14.0. The first-order chi connectivity index (χ1) is 11.7. The minimum atomic E-state index is 0.0808. The molecule has 2 atom stereocenters. The zero-order chi connectivity index (χ0) is 16.5. The molecule has 1 amide bonds. The molecule has 3 heterocycles. The summed E-state index contributed by atoms with van der Waals surface area (Å²) in [6.45, 7) is 5.35. The Balaban J connectivity index is 1.34. The van der Waals surface area contributed by atoms with E-state index < -0.39 is 0 Å². The van der Waals surface area contributed by atoms with Gasteiger partial charge in [-0.05, 0) is 31.5 Å². The molecule has 0 spiro atoms. The second-order valence-electron chi connectivity index (χ2n) is 7.17. The lowest BCUT2D eigenvalue weighted by Gasteiger charge is -2.43. The largest absolute Gasteiger partial charge is 0.315 e. The van der Waals surface area contributed by atoms with Gasteiger partial charge in [0.15, 0.2) is 5.78 Å². The molecular weight excluding hydrogens is 302 g/mol. The molecule has 1 N–H and O–H groups in total. The second kappa shape index (κ2) is 6.65. The number of likely N-dealkylation sites (tertiary alicyclic amines) is 1. The van der Waals surface area contributed by atoms with Crippen LogP contribution in [0, 0.1) is 5.92 Å². The fourth-order valence-corrected chi connectivity index (χ4v) is 4.29. The number of nitrogens with zero attached hydrogens (tertiary/aromatic N) is 2. The van der Waals surface area contributed by atoms with E-state index in [0.29, 0.717) is 24.9 Å². The van der Waals surface area contributed by atoms with E-state index in [-0.39, 0.29) is 11.7 Å². The van der Waals surface area contributed by atoms with Crippen molar-refractivity contribution in [3.8, 4) is 0 Å². The van der Waals surface area contributed by atoms with E-state index >= 15 is 0 Å². The first-order valence-electron chi connectivity index (χ1n) is 9.11. The predicted molar refractivity (Wildman–Crippen MR) is 93.3 cm³/mol. The molecule has 128 valence electrons. The fourth-order valence-electron chi connectivity index (χ4n) is 4.29. The van der Waals surface area contributed by atoms with Crippen LogP contribution in [0.5, 0.6) is 0 Å². The molecule has 3 aliphatic rings. The average molecular weight is 327 g/mol. The first-order valence-corrected chi connectivity index (χ1v) is 9.11. The Hall–Kier alpha value is -1.72. The molecule has 2 saturated heterocycles. The van der Waals surface area contributed by atoms with Gasteiger partial charge in [-0.3, -0.25) is 14.5 Å². The summed E-state index contributed by atoms with van der Waals surface area (Å²) in [5.41, 5.74) is 1.50. The van der Waals surface area contributed by atoms with Gasteiger partial charge in [-0.1, -0.05) is 12.1 Å². The molecule has 5 nitrogen and oxygen atoms in total. The van der Waals surface area contributed by atoms with Crippen LogP contribution in [0.2, 0.25) is 0 Å². The molecule has 0 aliphatic carbocycles. The highest BCUT2D eigenvalue weighted by Gasteiger charge is 2.41. The van der Waals surface area contributed by atoms with Gasteiger partial charge in [0.05, 0.1) is 5.69 Å². The van der Waals surface area contributed by atoms with Gasteiger partial charge in [0.1, 0.15) is 0 Å². The Morgan fingerprint density at radius 2 is 1.88 bits per heavy atom. The Bertz CT molecular complexity index is 645. The Labute approximate surface area is 143 Å². The standard InChI is InChI=1S/C19H25N3O2/c23-18-7-8-19(24)22(16-6-2-1-5-15(16)18)10-4-3-9-21-13-14-11-20-12-17(14)21/h1-2,5-6,14,17,20H,3-4,7-13H2/t14-,17+/m0/s1. The number of hydrogen-bond donors (Lipinski definition) is 1. The van der Waals surface area contributed by atoms with Crippen LogP contribution in [-0.2, 0) is 4.79 Å². The summed E-state index contributed by atoms with van der Waals surface area (Å²) < 4.78 is 0. The third-order valence-corrected chi connectivity index (χ3v) is 5.68. The molecule has 5 heteroatoms. The van der Waals surface area contributed by atoms with E-state index in [2.05, 4.69) is 10.2 Å². The molecule has 4 rings (SSSR count). The van der Waals surface area contributed by atoms with E-state index in [1.807, 2.05) is 29.2 Å². The van der Waals surface area contributed by atoms with Crippen molar-refractivity contribution in [1.82, 2.24) is 10.2 Å². The lowest BCUT2D eigenvalue weighted by molar-refractivity contribution is -0.118. The maximum atomic E-state index is 12.4. The van der Waals surface area contributed by atoms with Crippen molar-refractivity contribution in [2.75, 3.05) is 37.6 Å². The van der Waals surface area contributed by atoms with Gasteiger partial charge in [0.25, 0.3) is 0 Å². The number of para-hydroxylation sites is 1. The summed E-state index contributed by atoms with van der Waals surface area (Å²) in [5, 5.41) is 3.46. The molecular formula is C19H25N3O2. The van der Waals surface area contributed by atoms with Crippen LogP contribution in [0.3, 0.4) is 0 Å². The van der Waals surface area contributed by atoms with Crippen molar-refractivity contribution < 1.29 is 9.59 Å². The molecule has 1 aromatic carbocycles. The average Bonchev–Trinajstić information content (AvgIpc) is 2.91. The van der Waals surface area contributed by atoms with Gasteiger partial charge >= 0.3 is 0 Å². The number of carbonyl (C=O) groups excluding carboxylic acids is 2. The van der Waals surface area contributed by atoms with Crippen LogP contribution in [-0.4, -0.2) is 55.4 Å². The van der Waals surface area contributed by atoms with Gasteiger partial charge in [-0.15, -0.1) is 0 Å². The van der Waals surface area contributed by atoms with Crippen molar-refractivity contribution in [1.29, 1.82) is 0 Å². The zero-order valence-corrected chi connectivity index (χ0v) is 14.0. The summed E-state index contributed by atoms with van der Waals surface area (Å²) in [6, 6.07) is 8.27. The highest BCUT2D eigenvalue weighted by molar-refractivity contribution is 6.09. The van der Waals surface area contributed by atoms with Crippen LogP contribution < -0.4 is 10.2 Å². The second-order valence-corrected chi connectivity index (χ2v) is 7.17. The number of carbonyl (C=O) groups is 2. The lowest BCUT2D eigenvalue weighted by Crippen LogP contribution is -2.55. The van der Waals surface area contributed by atoms with Crippen molar-refractivity contribution in [2.45, 2.75) is 31.7 Å². The number of anilines is 1. The molecule has 2 fully saturated rings. The number of amides is 1. The molecule has 3 aliphatic heterocycles. The SMILES string of the molecule is O=C1CCC(=O)N(CCCCN2C[C@@H]3CNC[C@H]32)c2ccccc21. The number of nitrogens with one attached hydrogen (secondary N) is 1. The Morgan fingerprint density at radius 1 is 1.04 bits per heavy atom. The fraction of sp³-hybridized carbons (Fsp3) is 0.579. The van der Waals surface area contributed by atoms with E-state index in [4.69, 9.17) is 0 Å². The topological polar surface area (TPSA) is 52.7 Å². The molecule has 0 bridgehead atoms. The predicted octanol–water partition coefficient (Wildman–Crippen LogP) is 1.68. The molecule has 0 saturated carbocycles. The number of ketones is 1. The normalized spacial score (nSPS) is 26.8. The van der Waals surface area contributed by atoms with Crippen molar-refractivity contribution in [3.63, 3.8) is 0 Å². The van der Waals surface area contributed by atoms with E-state index in [9.17, 15) is 9.59 Å². The highest BCUT2D eigenvalue weighted by Crippen LogP contribution is 2.29. The lowest BCUT2D eigenvalue weighted by atomic mass is 9.92. The summed E-state index contributed by atoms with van der Waals surface area (Å²) in [4.78, 5) is 29.0. The van der Waals surface area contributed by atoms with Crippen LogP contribution in [0.4, 0.5) is 5.69 Å². The van der Waals surface area contributed by atoms with Crippen LogP contribution >= 0.6 is 0 Å². The van der Waals surface area contributed by atoms with Crippen molar-refractivity contribution in [3.05, 3.63) is 29.8 Å². The molecule has 1 aromatic rings. The number of fused-ring (bicyclic) bond motifs is 2. The minimum Gasteiger partial charge on any atom is -0.315 e. The molecule has 24 heavy (non-hydrogen) atoms. The number of rotatable bonds is 5. The van der Waals surface area contributed by atoms with Gasteiger partial charge in [-0.25, -0.2) is 0 Å². The number of unbranched alkanes of at least 4 members (excludes halogenated alkanes) is 1. The van der Waals surface area contributed by atoms with Gasteiger partial charge in [0, 0.05) is 56.5 Å². The van der Waals surface area contributed by atoms with E-state index in [0.717, 1.165) is 43.6 Å². The van der Waals surface area contributed by atoms with E-state index in [1.165, 1.54) is 13.1 Å². The van der Waals surface area contributed by atoms with E-state index in [1.54, 1.807) is 0 Å². The Kier molecular flexibility index (Phi) is 4.37. The summed E-state index contributed by atoms with van der Waals surface area (Å²) in [5.74, 6) is 1.02. The van der Waals surface area contributed by atoms with Gasteiger partial charge in [0.2, 0.25) is 5.91 Å². The van der Waals surface area contributed by atoms with Gasteiger partial charge < -0.3 is 10.2 Å². The maximum absolute atomic E-state index is 12.4. The molecule has 0 radical (unpaired) electrons. The van der Waals surface area contributed by atoms with Crippen LogP contribution in [0.1, 0.15) is 36.0 Å². The molecule has 0 aromatic heterocycles. The summed E-state index contributed by atoms with van der Waals surface area (Å²) in [6.07, 6.45) is 2.74. The Morgan fingerprint density at radius 3 is 2.75 bits per heavy atom. The smallest absolute Gasteiger partial charge is 0.227 e. The third-order valence-electron chi connectivity index (χ3n) is 5.68. The van der Waals surface area contributed by atoms with Crippen molar-refractivity contribution >= 4 is 17.4 Å². The number of benzene rings is 1.